The third kappa shape index (κ3) is 5.33. The van der Waals surface area contributed by atoms with E-state index in [1.54, 1.807) is 6.20 Å². The van der Waals surface area contributed by atoms with Crippen molar-refractivity contribution in [1.82, 2.24) is 19.9 Å². The van der Waals surface area contributed by atoms with Crippen LogP contribution in [0, 0.1) is 0 Å². The molecule has 9 heteroatoms. The van der Waals surface area contributed by atoms with Gasteiger partial charge in [-0.1, -0.05) is 20.8 Å². The zero-order valence-corrected chi connectivity index (χ0v) is 15.5. The third-order valence-corrected chi connectivity index (χ3v) is 3.91. The Kier molecular flexibility index (Phi) is 6.01. The summed E-state index contributed by atoms with van der Waals surface area (Å²) in [6, 6.07) is 1.99. The summed E-state index contributed by atoms with van der Waals surface area (Å²) in [5.74, 6) is -0.0934. The van der Waals surface area contributed by atoms with Crippen LogP contribution in [0.1, 0.15) is 39.3 Å². The molecule has 26 heavy (non-hydrogen) atoms. The fraction of sp³-hybridized carbons (Fsp3) is 0.529. The minimum absolute atomic E-state index is 0.0398. The van der Waals surface area contributed by atoms with Crippen molar-refractivity contribution in [3.8, 4) is 0 Å². The normalized spacial score (nSPS) is 11.5. The molecule has 2 aromatic rings. The number of hydrogen-bond donors (Lipinski definition) is 4. The van der Waals surface area contributed by atoms with E-state index in [1.165, 1.54) is 4.57 Å². The highest BCUT2D eigenvalue weighted by molar-refractivity contribution is 5.77. The molecule has 2 rings (SSSR count). The van der Waals surface area contributed by atoms with Gasteiger partial charge in [0.1, 0.15) is 5.65 Å². The molecule has 2 heterocycles. The van der Waals surface area contributed by atoms with Gasteiger partial charge in [0.15, 0.2) is 5.96 Å². The van der Waals surface area contributed by atoms with E-state index in [2.05, 4.69) is 41.0 Å². The predicted octanol–water partition coefficient (Wildman–Crippen LogP) is 0.192. The van der Waals surface area contributed by atoms with Gasteiger partial charge >= 0.3 is 5.69 Å². The van der Waals surface area contributed by atoms with Crippen LogP contribution in [0.25, 0.3) is 11.0 Å². The number of nitrogens with two attached hydrogens (primary N) is 2. The number of aromatic amines is 1. The Morgan fingerprint density at radius 3 is 2.77 bits per heavy atom. The molecule has 6 N–H and O–H groups in total. The molecular weight excluding hydrogens is 334 g/mol. The van der Waals surface area contributed by atoms with Gasteiger partial charge in [0, 0.05) is 48.7 Å². The molecule has 1 amide bonds. The van der Waals surface area contributed by atoms with Crippen LogP contribution in [0.2, 0.25) is 0 Å². The number of aliphatic imine (C=N–C) groups is 1. The van der Waals surface area contributed by atoms with Gasteiger partial charge in [0.2, 0.25) is 5.91 Å². The number of nitrogens with zero attached hydrogens (tertiary/aromatic N) is 3. The molecule has 0 aliphatic carbocycles. The van der Waals surface area contributed by atoms with Crippen LogP contribution < -0.4 is 22.5 Å². The number of fused-ring (bicyclic) bond motifs is 1. The molecule has 0 atom stereocenters. The summed E-state index contributed by atoms with van der Waals surface area (Å²) in [5, 5.41) is 3.63. The van der Waals surface area contributed by atoms with Crippen molar-refractivity contribution < 1.29 is 4.79 Å². The fourth-order valence-electron chi connectivity index (χ4n) is 2.42. The fourth-order valence-corrected chi connectivity index (χ4v) is 2.42. The molecule has 0 saturated heterocycles. The lowest BCUT2D eigenvalue weighted by Crippen LogP contribution is -2.29. The lowest BCUT2D eigenvalue weighted by Gasteiger charge is -2.15. The standard InChI is InChI=1S/C17H27N7O2/c1-17(2,3)12-9-11-10-24(16(26)23-14(11)22-12)8-5-13(25)20-6-4-7-21-15(18)19/h9-10H,4-8H2,1-3H3,(H,20,25)(H4,18,19,21)(H,22,23,26). The first-order valence-electron chi connectivity index (χ1n) is 8.59. The minimum Gasteiger partial charge on any atom is -0.370 e. The number of carbonyl (C=O) groups is 1. The van der Waals surface area contributed by atoms with Crippen molar-refractivity contribution >= 4 is 22.9 Å². The summed E-state index contributed by atoms with van der Waals surface area (Å²) >= 11 is 0. The smallest absolute Gasteiger partial charge is 0.349 e. The molecular formula is C17H27N7O2. The van der Waals surface area contributed by atoms with E-state index < -0.39 is 0 Å². The second-order valence-corrected chi connectivity index (χ2v) is 7.21. The van der Waals surface area contributed by atoms with Crippen molar-refractivity contribution in [3.63, 3.8) is 0 Å². The van der Waals surface area contributed by atoms with Crippen LogP contribution in [0.4, 0.5) is 0 Å². The quantitative estimate of drug-likeness (QED) is 0.316. The number of aryl methyl sites for hydroxylation is 1. The Balaban J connectivity index is 1.94. The number of amides is 1. The number of nitrogens with one attached hydrogen (secondary N) is 2. The summed E-state index contributed by atoms with van der Waals surface area (Å²) in [6.45, 7) is 7.47. The van der Waals surface area contributed by atoms with E-state index in [-0.39, 0.29) is 35.9 Å². The van der Waals surface area contributed by atoms with E-state index in [0.29, 0.717) is 25.2 Å². The number of H-pyrrole nitrogens is 1. The summed E-state index contributed by atoms with van der Waals surface area (Å²) < 4.78 is 1.46. The van der Waals surface area contributed by atoms with Crippen molar-refractivity contribution in [2.24, 2.45) is 16.5 Å². The molecule has 9 nitrogen and oxygen atoms in total. The molecule has 0 saturated carbocycles. The summed E-state index contributed by atoms with van der Waals surface area (Å²) in [4.78, 5) is 35.1. The van der Waals surface area contributed by atoms with Crippen molar-refractivity contribution in [3.05, 3.63) is 28.4 Å². The van der Waals surface area contributed by atoms with Crippen LogP contribution >= 0.6 is 0 Å². The minimum atomic E-state index is -0.375. The number of hydrogen-bond acceptors (Lipinski definition) is 4. The Hall–Kier alpha value is -2.84. The van der Waals surface area contributed by atoms with E-state index >= 15 is 0 Å². The lowest BCUT2D eigenvalue weighted by molar-refractivity contribution is -0.121. The first-order valence-corrected chi connectivity index (χ1v) is 8.59. The van der Waals surface area contributed by atoms with Crippen LogP contribution in [-0.4, -0.2) is 39.5 Å². The molecule has 0 radical (unpaired) electrons. The monoisotopic (exact) mass is 361 g/mol. The number of guanidine groups is 1. The maximum absolute atomic E-state index is 12.1. The lowest BCUT2D eigenvalue weighted by atomic mass is 9.92. The maximum atomic E-state index is 12.1. The van der Waals surface area contributed by atoms with Crippen molar-refractivity contribution in [1.29, 1.82) is 0 Å². The Bertz CT molecular complexity index is 854. The Labute approximate surface area is 151 Å². The first-order chi connectivity index (χ1) is 12.2. The van der Waals surface area contributed by atoms with Gasteiger partial charge in [-0.2, -0.15) is 4.98 Å². The summed E-state index contributed by atoms with van der Waals surface area (Å²) in [5.41, 5.74) is 11.6. The summed E-state index contributed by atoms with van der Waals surface area (Å²) in [7, 11) is 0. The van der Waals surface area contributed by atoms with Gasteiger partial charge in [0.05, 0.1) is 0 Å². The maximum Gasteiger partial charge on any atom is 0.349 e. The summed E-state index contributed by atoms with van der Waals surface area (Å²) in [6.07, 6.45) is 2.59. The average molecular weight is 361 g/mol. The average Bonchev–Trinajstić information content (AvgIpc) is 2.95. The van der Waals surface area contributed by atoms with Gasteiger partial charge in [-0.05, 0) is 12.5 Å². The number of rotatable bonds is 7. The van der Waals surface area contributed by atoms with Crippen LogP contribution in [0.5, 0.6) is 0 Å². The molecule has 0 bridgehead atoms. The molecule has 0 unspecified atom stereocenters. The van der Waals surface area contributed by atoms with E-state index in [9.17, 15) is 9.59 Å². The van der Waals surface area contributed by atoms with E-state index in [0.717, 1.165) is 11.1 Å². The second kappa shape index (κ2) is 8.03. The van der Waals surface area contributed by atoms with E-state index in [1.807, 2.05) is 6.07 Å². The van der Waals surface area contributed by atoms with Gasteiger partial charge in [-0.3, -0.25) is 14.4 Å². The Morgan fingerprint density at radius 1 is 1.38 bits per heavy atom. The number of carbonyl (C=O) groups excluding carboxylic acids is 1. The van der Waals surface area contributed by atoms with Crippen molar-refractivity contribution in [2.45, 2.75) is 45.6 Å². The van der Waals surface area contributed by atoms with Gasteiger partial charge in [-0.15, -0.1) is 0 Å². The first kappa shape index (κ1) is 19.5. The second-order valence-electron chi connectivity index (χ2n) is 7.21. The van der Waals surface area contributed by atoms with Crippen LogP contribution in [-0.2, 0) is 16.8 Å². The van der Waals surface area contributed by atoms with Crippen molar-refractivity contribution in [2.75, 3.05) is 13.1 Å². The number of aromatic nitrogens is 3. The molecule has 2 aromatic heterocycles. The van der Waals surface area contributed by atoms with Gasteiger partial charge in [-0.25, -0.2) is 4.79 Å². The highest BCUT2D eigenvalue weighted by Gasteiger charge is 2.17. The molecule has 0 spiro atoms. The predicted molar refractivity (Wildman–Crippen MR) is 102 cm³/mol. The SMILES string of the molecule is CC(C)(C)c1cc2cn(CCC(=O)NCCCN=C(N)N)c(=O)nc2[nH]1. The highest BCUT2D eigenvalue weighted by Crippen LogP contribution is 2.24. The largest absolute Gasteiger partial charge is 0.370 e. The van der Waals surface area contributed by atoms with E-state index in [4.69, 9.17) is 11.5 Å². The topological polar surface area (TPSA) is 144 Å². The molecule has 142 valence electrons. The molecule has 0 aliphatic rings. The highest BCUT2D eigenvalue weighted by atomic mass is 16.2. The molecule has 0 aliphatic heterocycles. The molecule has 0 fully saturated rings. The Morgan fingerprint density at radius 2 is 2.12 bits per heavy atom. The van der Waals surface area contributed by atoms with Crippen LogP contribution in [0.3, 0.4) is 0 Å². The van der Waals surface area contributed by atoms with Crippen LogP contribution in [0.15, 0.2) is 22.1 Å². The van der Waals surface area contributed by atoms with Gasteiger partial charge in [0.25, 0.3) is 0 Å². The third-order valence-electron chi connectivity index (χ3n) is 3.91. The van der Waals surface area contributed by atoms with Gasteiger partial charge < -0.3 is 21.8 Å². The molecule has 0 aromatic carbocycles. The zero-order chi connectivity index (χ0) is 19.3. The zero-order valence-electron chi connectivity index (χ0n) is 15.5.